The molecule has 624 valence electrons. The van der Waals surface area contributed by atoms with Crippen LogP contribution < -0.4 is 0 Å². The Hall–Kier alpha value is -2.23. The number of aliphatic hydroxyl groups is 23. The van der Waals surface area contributed by atoms with Gasteiger partial charge in [0, 0.05) is 0 Å². The van der Waals surface area contributed by atoms with Gasteiger partial charge in [-0.3, -0.25) is 4.79 Å². The lowest BCUT2D eigenvalue weighted by Crippen LogP contribution is -2.67. The summed E-state index contributed by atoms with van der Waals surface area (Å²) in [5, 5.41) is 247. The molecule has 0 bridgehead atoms. The number of allylic oxidation sites excluding steroid dienone is 1. The Bertz CT molecular complexity index is 2880. The topological polar surface area (TPSA) is 612 Å². The van der Waals surface area contributed by atoms with E-state index in [4.69, 9.17) is 66.3 Å². The molecule has 38 nitrogen and oxygen atoms in total. The summed E-state index contributed by atoms with van der Waals surface area (Å²) in [4.78, 5) is 14.6. The largest absolute Gasteiger partial charge is 0.432 e. The predicted octanol–water partition coefficient (Wildman–Crippen LogP) is -9.10. The first-order valence-corrected chi connectivity index (χ1v) is 37.8. The number of carbonyl (C=O) groups is 1. The van der Waals surface area contributed by atoms with Crippen LogP contribution in [0, 0.1) is 52.3 Å². The molecule has 7 aliphatic heterocycles. The van der Waals surface area contributed by atoms with E-state index >= 15 is 0 Å². The molecule has 45 atom stereocenters. The van der Waals surface area contributed by atoms with Crippen LogP contribution in [0.15, 0.2) is 11.6 Å². The molecule has 23 N–H and O–H groups in total. The van der Waals surface area contributed by atoms with Crippen LogP contribution in [-0.4, -0.2) is 391 Å². The predicted molar refractivity (Wildman–Crippen MR) is 354 cm³/mol. The number of rotatable bonds is 26. The molecule has 3 saturated carbocycles. The van der Waals surface area contributed by atoms with Crippen LogP contribution in [0.3, 0.4) is 0 Å². The molecule has 0 aromatic rings. The van der Waals surface area contributed by atoms with Crippen molar-refractivity contribution >= 4 is 5.97 Å². The third kappa shape index (κ3) is 17.0. The van der Waals surface area contributed by atoms with Gasteiger partial charge in [-0.2, -0.15) is 0 Å². The summed E-state index contributed by atoms with van der Waals surface area (Å²) >= 11 is 0. The van der Waals surface area contributed by atoms with E-state index in [1.807, 2.05) is 6.92 Å². The highest BCUT2D eigenvalue weighted by molar-refractivity contribution is 5.72. The fourth-order valence-electron chi connectivity index (χ4n) is 19.0. The van der Waals surface area contributed by atoms with Gasteiger partial charge in [-0.25, -0.2) is 0 Å². The maximum Gasteiger partial charge on any atom is 0.311 e. The Labute approximate surface area is 622 Å². The molecule has 11 rings (SSSR count). The fraction of sp³-hybridized carbons (Fsp3) is 0.957. The highest BCUT2D eigenvalue weighted by Gasteiger charge is 2.62. The molecule has 0 aromatic heterocycles. The zero-order chi connectivity index (χ0) is 78.6. The number of hydrogen-bond acceptors (Lipinski definition) is 38. The van der Waals surface area contributed by atoms with Crippen molar-refractivity contribution in [2.45, 2.75) is 320 Å². The highest BCUT2D eigenvalue weighted by Crippen LogP contribution is 2.68. The summed E-state index contributed by atoms with van der Waals surface area (Å²) < 4.78 is 81.2. The highest BCUT2D eigenvalue weighted by atomic mass is 16.8. The third-order valence-corrected chi connectivity index (χ3v) is 25.9. The number of esters is 1. The van der Waals surface area contributed by atoms with Crippen LogP contribution in [0.2, 0.25) is 0 Å². The van der Waals surface area contributed by atoms with Crippen molar-refractivity contribution in [1.29, 1.82) is 0 Å². The molecule has 38 heteroatoms. The van der Waals surface area contributed by atoms with E-state index in [1.165, 1.54) is 5.57 Å². The zero-order valence-electron chi connectivity index (χ0n) is 60.8. The van der Waals surface area contributed by atoms with E-state index < -0.39 is 273 Å². The quantitative estimate of drug-likeness (QED) is 0.0282. The summed E-state index contributed by atoms with van der Waals surface area (Å²) in [6.45, 7) is 4.39. The second kappa shape index (κ2) is 36.1. The second-order valence-corrected chi connectivity index (χ2v) is 32.2. The number of fused-ring (bicyclic) bond motifs is 5. The average Bonchev–Trinajstić information content (AvgIpc) is 1.42. The minimum absolute atomic E-state index is 0.0234. The number of carbonyl (C=O) groups excluding carboxylic acids is 1. The molecule has 10 fully saturated rings. The minimum Gasteiger partial charge on any atom is -0.432 e. The van der Waals surface area contributed by atoms with E-state index in [1.54, 1.807) is 6.92 Å². The standard InChI is InChI=1S/C70H116O38/c1-24(6-7-25(2)30-10-11-31-29-9-8-27-16-28(12-14-69(27,4)32(29)13-15-70(30,31)5)96-63-51(88)44(81)40(77)33(17-71)97-63)26(3)61(94)108-68-60(47(84)43(80)39(103-68)23-95-62-54(91)48(85)57(36(20-74)100-62)104-64-52(89)45(82)41(78)34(18-72)98-64)107-67-56(93)50(87)59(38(22-76)102-67)106-66-55(92)49(86)58(37(21-75)101-66)105-65-53(90)46(83)42(79)35(19-73)99-65/h8,24-26,28-60,62-68,71-93H,6-7,9-23H2,1-5H3/t24-,25-,26+,28+,29+,30-,31+,32+,33-,34-,35-,36-,37-,38-,39-,40-,41-,42-,43-,44+,45+,46+,47+,48-,49-,50-,51-,52-,53-,54-,55-,56-,57-,58-,59-,60-,62-,63-,64+,65+,66+,67+,68+,69+,70-/m1/s1. The molecular weight excluding hydrogens is 1450 g/mol. The Kier molecular flexibility index (Phi) is 29.0. The Balaban J connectivity index is 0.745. The van der Waals surface area contributed by atoms with Crippen molar-refractivity contribution in [3.05, 3.63) is 11.6 Å². The number of aliphatic hydroxyl groups excluding tert-OH is 23. The smallest absolute Gasteiger partial charge is 0.311 e. The molecule has 108 heavy (non-hydrogen) atoms. The maximum atomic E-state index is 14.6. The first-order valence-electron chi connectivity index (χ1n) is 37.8. The molecular formula is C70H116O38. The summed E-state index contributed by atoms with van der Waals surface area (Å²) in [7, 11) is 0. The van der Waals surface area contributed by atoms with Crippen molar-refractivity contribution in [3.63, 3.8) is 0 Å². The van der Waals surface area contributed by atoms with Crippen molar-refractivity contribution in [2.75, 3.05) is 46.2 Å². The normalized spacial score (nSPS) is 51.6. The Morgan fingerprint density at radius 1 is 0.417 bits per heavy atom. The van der Waals surface area contributed by atoms with Crippen molar-refractivity contribution in [3.8, 4) is 0 Å². The van der Waals surface area contributed by atoms with Gasteiger partial charge in [0.2, 0.25) is 6.29 Å². The van der Waals surface area contributed by atoms with E-state index in [9.17, 15) is 122 Å². The van der Waals surface area contributed by atoms with Gasteiger partial charge in [-0.1, -0.05) is 52.7 Å². The SMILES string of the molecule is C[C@H](CC[C@@H](C)[C@H]1CC[C@H]2[C@@H]3CC=C4C[C@@H](O[C@@H]5O[C@H](CO)[C@@H](O)[C@H](O)[C@H]5O)CC[C@]4(C)[C@H]3CC[C@]12C)[C@H](C)C(=O)O[C@@H]1O[C@H](CO[C@@H]2O[C@H](CO)[C@@H](O[C@@H]3O[C@H](CO)[C@@H](O)[C@H](O)[C@H]3O)[C@H](O)[C@H]2O)[C@@H](O)[C@H](O)[C@H]1O[C@@H]1O[C@H](CO)[C@@H](O[C@@H]2O[C@H](CO)[C@@H](O[C@@H]3O[C@H](CO)[C@@H](O)[C@H](O)[C@H]3O)[C@H](O)[C@H]2O)[C@H](O)[C@H]1O. The second-order valence-electron chi connectivity index (χ2n) is 32.2. The molecule has 0 aromatic carbocycles. The fourth-order valence-corrected chi connectivity index (χ4v) is 19.0. The number of ether oxygens (including phenoxy) is 14. The van der Waals surface area contributed by atoms with Gasteiger partial charge in [0.25, 0.3) is 0 Å². The minimum atomic E-state index is -2.27. The Morgan fingerprint density at radius 2 is 0.806 bits per heavy atom. The summed E-state index contributed by atoms with van der Waals surface area (Å²) in [5.74, 6) is -0.273. The van der Waals surface area contributed by atoms with Crippen molar-refractivity contribution in [2.24, 2.45) is 52.3 Å². The molecule has 0 amide bonds. The van der Waals surface area contributed by atoms with Gasteiger partial charge < -0.3 is 184 Å². The third-order valence-electron chi connectivity index (χ3n) is 25.9. The lowest BCUT2D eigenvalue weighted by atomic mass is 9.47. The van der Waals surface area contributed by atoms with Crippen LogP contribution in [0.5, 0.6) is 0 Å². The van der Waals surface area contributed by atoms with Gasteiger partial charge in [0.15, 0.2) is 43.8 Å². The molecule has 7 heterocycles. The average molecular weight is 1570 g/mol. The van der Waals surface area contributed by atoms with Gasteiger partial charge >= 0.3 is 5.97 Å². The molecule has 4 aliphatic carbocycles. The van der Waals surface area contributed by atoms with E-state index in [2.05, 4.69) is 26.8 Å². The van der Waals surface area contributed by atoms with Gasteiger partial charge in [-0.05, 0) is 104 Å². The van der Waals surface area contributed by atoms with Crippen LogP contribution in [0.25, 0.3) is 0 Å². The number of hydrogen-bond donors (Lipinski definition) is 23. The van der Waals surface area contributed by atoms with Crippen LogP contribution >= 0.6 is 0 Å². The van der Waals surface area contributed by atoms with E-state index in [0.29, 0.717) is 42.9 Å². The molecule has 0 spiro atoms. The lowest BCUT2D eigenvalue weighted by Gasteiger charge is -2.58. The first-order chi connectivity index (χ1) is 51.2. The summed E-state index contributed by atoms with van der Waals surface area (Å²) in [5.41, 5.74) is 1.25. The first kappa shape index (κ1) is 86.6. The van der Waals surface area contributed by atoms with E-state index in [0.717, 1.165) is 44.9 Å². The lowest BCUT2D eigenvalue weighted by molar-refractivity contribution is -0.391. The van der Waals surface area contributed by atoms with Crippen LogP contribution in [0.4, 0.5) is 0 Å². The van der Waals surface area contributed by atoms with Gasteiger partial charge in [0.1, 0.15) is 165 Å². The zero-order valence-corrected chi connectivity index (χ0v) is 60.8. The monoisotopic (exact) mass is 1560 g/mol. The van der Waals surface area contributed by atoms with Crippen LogP contribution in [0.1, 0.15) is 98.8 Å². The summed E-state index contributed by atoms with van der Waals surface area (Å²) in [6, 6.07) is 0. The van der Waals surface area contributed by atoms with Gasteiger partial charge in [-0.15, -0.1) is 0 Å². The molecule has 0 unspecified atom stereocenters. The van der Waals surface area contributed by atoms with Crippen molar-refractivity contribution < 1.29 is 189 Å². The molecule has 0 radical (unpaired) electrons. The Morgan fingerprint density at radius 3 is 1.27 bits per heavy atom. The molecule has 7 saturated heterocycles. The van der Waals surface area contributed by atoms with E-state index in [-0.39, 0.29) is 28.8 Å². The summed E-state index contributed by atoms with van der Waals surface area (Å²) in [6.07, 6.45) is -53.8. The van der Waals surface area contributed by atoms with Gasteiger partial charge in [0.05, 0.1) is 58.3 Å². The van der Waals surface area contributed by atoms with Crippen molar-refractivity contribution in [1.82, 2.24) is 0 Å². The van der Waals surface area contributed by atoms with Crippen LogP contribution in [-0.2, 0) is 71.1 Å². The molecule has 11 aliphatic rings. The maximum absolute atomic E-state index is 14.6.